The van der Waals surface area contributed by atoms with Gasteiger partial charge in [0, 0.05) is 24.2 Å². The summed E-state index contributed by atoms with van der Waals surface area (Å²) in [5.74, 6) is 0.714. The lowest BCUT2D eigenvalue weighted by Crippen LogP contribution is -2.33. The fourth-order valence-corrected chi connectivity index (χ4v) is 2.49. The highest BCUT2D eigenvalue weighted by atomic mass is 16.2. The quantitative estimate of drug-likeness (QED) is 0.900. The smallest absolute Gasteiger partial charge is 0.248 e. The van der Waals surface area contributed by atoms with Crippen molar-refractivity contribution < 1.29 is 4.79 Å². The number of anilines is 2. The third-order valence-corrected chi connectivity index (χ3v) is 3.50. The summed E-state index contributed by atoms with van der Waals surface area (Å²) in [7, 11) is 0. The molecule has 2 N–H and O–H groups in total. The molecule has 1 unspecified atom stereocenters. The molecule has 5 nitrogen and oxygen atoms in total. The van der Waals surface area contributed by atoms with Crippen molar-refractivity contribution in [3.8, 4) is 0 Å². The Balaban J connectivity index is 1.71. The highest BCUT2D eigenvalue weighted by Crippen LogP contribution is 2.26. The van der Waals surface area contributed by atoms with E-state index in [2.05, 4.69) is 15.7 Å². The van der Waals surface area contributed by atoms with Crippen molar-refractivity contribution in [2.75, 3.05) is 10.6 Å². The summed E-state index contributed by atoms with van der Waals surface area (Å²) >= 11 is 0. The molecular weight excluding hydrogens is 252 g/mol. The molecule has 0 saturated heterocycles. The van der Waals surface area contributed by atoms with Gasteiger partial charge in [0.25, 0.3) is 0 Å². The van der Waals surface area contributed by atoms with Crippen LogP contribution < -0.4 is 10.6 Å². The van der Waals surface area contributed by atoms with Crippen LogP contribution in [-0.2, 0) is 11.2 Å². The monoisotopic (exact) mass is 270 g/mol. The number of aromatic nitrogens is 2. The molecule has 1 aromatic heterocycles. The molecule has 104 valence electrons. The highest BCUT2D eigenvalue weighted by molar-refractivity contribution is 5.97. The Hall–Kier alpha value is -2.30. The molecule has 3 rings (SSSR count). The lowest BCUT2D eigenvalue weighted by molar-refractivity contribution is -0.116. The molecule has 0 aliphatic carbocycles. The van der Waals surface area contributed by atoms with Crippen molar-refractivity contribution in [3.63, 3.8) is 0 Å². The van der Waals surface area contributed by atoms with Crippen molar-refractivity contribution in [2.24, 2.45) is 0 Å². The van der Waals surface area contributed by atoms with Crippen LogP contribution in [0, 0.1) is 0 Å². The van der Waals surface area contributed by atoms with E-state index in [0.29, 0.717) is 0 Å². The molecule has 0 saturated carbocycles. The summed E-state index contributed by atoms with van der Waals surface area (Å²) in [6, 6.07) is 9.83. The van der Waals surface area contributed by atoms with Gasteiger partial charge in [0.2, 0.25) is 5.91 Å². The number of amides is 1. The maximum absolute atomic E-state index is 12.3. The molecule has 0 radical (unpaired) electrons. The normalized spacial score (nSPS) is 16.9. The molecule has 1 aliphatic heterocycles. The van der Waals surface area contributed by atoms with E-state index in [1.807, 2.05) is 44.2 Å². The first kappa shape index (κ1) is 12.7. The second-order valence-corrected chi connectivity index (χ2v) is 5.30. The predicted molar refractivity (Wildman–Crippen MR) is 78.8 cm³/mol. The van der Waals surface area contributed by atoms with E-state index < -0.39 is 0 Å². The number of hydrogen-bond acceptors (Lipinski definition) is 3. The van der Waals surface area contributed by atoms with Crippen LogP contribution in [0.3, 0.4) is 0 Å². The number of benzene rings is 1. The summed E-state index contributed by atoms with van der Waals surface area (Å²) in [6.07, 6.45) is 2.42. The Bertz CT molecular complexity index is 607. The zero-order valence-corrected chi connectivity index (χ0v) is 11.6. The second kappa shape index (κ2) is 5.00. The van der Waals surface area contributed by atoms with E-state index in [0.717, 1.165) is 17.9 Å². The number of nitrogens with zero attached hydrogens (tertiary/aromatic N) is 2. The predicted octanol–water partition coefficient (Wildman–Crippen LogP) is 2.44. The summed E-state index contributed by atoms with van der Waals surface area (Å²) in [5.41, 5.74) is 2.23. The molecule has 1 atom stereocenters. The van der Waals surface area contributed by atoms with Crippen molar-refractivity contribution in [1.82, 2.24) is 9.78 Å². The first-order valence-electron chi connectivity index (χ1n) is 6.84. The van der Waals surface area contributed by atoms with Crippen molar-refractivity contribution in [3.05, 3.63) is 42.1 Å². The molecule has 20 heavy (non-hydrogen) atoms. The topological polar surface area (TPSA) is 59.0 Å². The van der Waals surface area contributed by atoms with Gasteiger partial charge in [-0.05, 0) is 25.5 Å². The molecule has 0 fully saturated rings. The second-order valence-electron chi connectivity index (χ2n) is 5.30. The minimum Gasteiger partial charge on any atom is -0.373 e. The zero-order valence-electron chi connectivity index (χ0n) is 11.6. The van der Waals surface area contributed by atoms with Gasteiger partial charge in [-0.3, -0.25) is 4.79 Å². The SMILES string of the molecule is CC(C)n1nccc1NC(=O)C1Cc2ccccc2N1. The van der Waals surface area contributed by atoms with Crippen LogP contribution in [-0.4, -0.2) is 21.7 Å². The van der Waals surface area contributed by atoms with Crippen LogP contribution in [0.25, 0.3) is 0 Å². The minimum atomic E-state index is -0.220. The average molecular weight is 270 g/mol. The van der Waals surface area contributed by atoms with Gasteiger partial charge in [0.05, 0.1) is 6.20 Å². The Kier molecular flexibility index (Phi) is 3.18. The lowest BCUT2D eigenvalue weighted by Gasteiger charge is -2.15. The summed E-state index contributed by atoms with van der Waals surface area (Å²) in [6.45, 7) is 4.07. The number of fused-ring (bicyclic) bond motifs is 1. The van der Waals surface area contributed by atoms with Gasteiger partial charge < -0.3 is 10.6 Å². The van der Waals surface area contributed by atoms with Gasteiger partial charge in [-0.25, -0.2) is 4.68 Å². The van der Waals surface area contributed by atoms with E-state index in [9.17, 15) is 4.79 Å². The molecule has 2 heterocycles. The molecule has 2 aromatic rings. The van der Waals surface area contributed by atoms with E-state index >= 15 is 0 Å². The summed E-state index contributed by atoms with van der Waals surface area (Å²) in [5, 5.41) is 10.4. The largest absolute Gasteiger partial charge is 0.373 e. The standard InChI is InChI=1S/C15H18N4O/c1-10(2)19-14(7-8-16-19)18-15(20)13-9-11-5-3-4-6-12(11)17-13/h3-8,10,13,17H,9H2,1-2H3,(H,18,20). The van der Waals surface area contributed by atoms with Crippen molar-refractivity contribution in [2.45, 2.75) is 32.4 Å². The first-order valence-corrected chi connectivity index (χ1v) is 6.84. The Morgan fingerprint density at radius 3 is 2.95 bits per heavy atom. The van der Waals surface area contributed by atoms with Crippen LogP contribution in [0.5, 0.6) is 0 Å². The zero-order chi connectivity index (χ0) is 14.1. The van der Waals surface area contributed by atoms with Gasteiger partial charge in [-0.15, -0.1) is 0 Å². The van der Waals surface area contributed by atoms with Gasteiger partial charge in [0.1, 0.15) is 11.9 Å². The summed E-state index contributed by atoms with van der Waals surface area (Å²) < 4.78 is 1.81. The van der Waals surface area contributed by atoms with Crippen molar-refractivity contribution in [1.29, 1.82) is 0 Å². The van der Waals surface area contributed by atoms with Gasteiger partial charge in [-0.2, -0.15) is 5.10 Å². The summed E-state index contributed by atoms with van der Waals surface area (Å²) in [4.78, 5) is 12.3. The van der Waals surface area contributed by atoms with Crippen LogP contribution in [0.1, 0.15) is 25.5 Å². The van der Waals surface area contributed by atoms with Crippen LogP contribution >= 0.6 is 0 Å². The van der Waals surface area contributed by atoms with E-state index in [1.165, 1.54) is 5.56 Å². The lowest BCUT2D eigenvalue weighted by atomic mass is 10.1. The molecule has 1 aliphatic rings. The number of hydrogen-bond donors (Lipinski definition) is 2. The third kappa shape index (κ3) is 2.27. The van der Waals surface area contributed by atoms with E-state index in [4.69, 9.17) is 0 Å². The number of carbonyl (C=O) groups is 1. The molecule has 0 bridgehead atoms. The number of nitrogens with one attached hydrogen (secondary N) is 2. The van der Waals surface area contributed by atoms with Crippen LogP contribution in [0.4, 0.5) is 11.5 Å². The molecule has 1 aromatic carbocycles. The molecular formula is C15H18N4O. The maximum atomic E-state index is 12.3. The van der Waals surface area contributed by atoms with Crippen molar-refractivity contribution >= 4 is 17.4 Å². The van der Waals surface area contributed by atoms with Crippen LogP contribution in [0.15, 0.2) is 36.5 Å². The Morgan fingerprint density at radius 1 is 1.40 bits per heavy atom. The number of para-hydroxylation sites is 1. The number of carbonyl (C=O) groups excluding carboxylic acids is 1. The first-order chi connectivity index (χ1) is 9.65. The maximum Gasteiger partial charge on any atom is 0.248 e. The Morgan fingerprint density at radius 2 is 2.20 bits per heavy atom. The van der Waals surface area contributed by atoms with Crippen LogP contribution in [0.2, 0.25) is 0 Å². The Labute approximate surface area is 118 Å². The fraction of sp³-hybridized carbons (Fsp3) is 0.333. The average Bonchev–Trinajstić information content (AvgIpc) is 3.03. The van der Waals surface area contributed by atoms with Gasteiger partial charge in [-0.1, -0.05) is 18.2 Å². The third-order valence-electron chi connectivity index (χ3n) is 3.50. The molecule has 0 spiro atoms. The van der Waals surface area contributed by atoms with Gasteiger partial charge in [0.15, 0.2) is 0 Å². The van der Waals surface area contributed by atoms with Gasteiger partial charge >= 0.3 is 0 Å². The number of rotatable bonds is 3. The highest BCUT2D eigenvalue weighted by Gasteiger charge is 2.26. The van der Waals surface area contributed by atoms with E-state index in [-0.39, 0.29) is 18.0 Å². The minimum absolute atomic E-state index is 0.0244. The fourth-order valence-electron chi connectivity index (χ4n) is 2.49. The van der Waals surface area contributed by atoms with E-state index in [1.54, 1.807) is 10.9 Å². The molecule has 1 amide bonds. The molecule has 5 heteroatoms.